The smallest absolute Gasteiger partial charge is 0.321 e. The van der Waals surface area contributed by atoms with Crippen molar-refractivity contribution in [2.45, 2.75) is 45.3 Å². The highest BCUT2D eigenvalue weighted by atomic mass is 16.4. The number of carboxylic acids is 1. The van der Waals surface area contributed by atoms with E-state index in [1.807, 2.05) is 31.2 Å². The lowest BCUT2D eigenvalue weighted by atomic mass is 9.92. The lowest BCUT2D eigenvalue weighted by Crippen LogP contribution is -2.54. The number of carboxylic acid groups (broad SMARTS) is 1. The molecule has 2 rings (SSSR count). The maximum Gasteiger partial charge on any atom is 0.321 e. The van der Waals surface area contributed by atoms with Crippen molar-refractivity contribution in [3.63, 3.8) is 0 Å². The molecular weight excluding hydrogens is 268 g/mol. The van der Waals surface area contributed by atoms with Gasteiger partial charge in [0.1, 0.15) is 6.04 Å². The second-order valence-corrected chi connectivity index (χ2v) is 5.47. The molecule has 2 N–H and O–H groups in total. The number of benzene rings is 1. The summed E-state index contributed by atoms with van der Waals surface area (Å²) in [5, 5.41) is 12.3. The lowest BCUT2D eigenvalue weighted by Gasteiger charge is -2.37. The third kappa shape index (κ3) is 3.42. The molecule has 1 amide bonds. The highest BCUT2D eigenvalue weighted by Gasteiger charge is 2.36. The largest absolute Gasteiger partial charge is 0.480 e. The number of aliphatic carboxylic acids is 1. The number of nitrogens with one attached hydrogen (secondary N) is 1. The van der Waals surface area contributed by atoms with E-state index in [1.54, 1.807) is 11.8 Å². The minimum atomic E-state index is -0.875. The highest BCUT2D eigenvalue weighted by molar-refractivity contribution is 5.83. The molecule has 2 atom stereocenters. The Balaban J connectivity index is 2.20. The summed E-state index contributed by atoms with van der Waals surface area (Å²) in [6, 6.07) is 6.72. The molecule has 1 aliphatic rings. The minimum Gasteiger partial charge on any atom is -0.480 e. The molecule has 0 aliphatic carbocycles. The molecule has 1 aromatic carbocycles. The van der Waals surface area contributed by atoms with Crippen molar-refractivity contribution in [2.75, 3.05) is 6.54 Å². The van der Waals surface area contributed by atoms with Crippen LogP contribution < -0.4 is 5.32 Å². The Morgan fingerprint density at radius 1 is 1.38 bits per heavy atom. The van der Waals surface area contributed by atoms with E-state index in [-0.39, 0.29) is 5.91 Å². The predicted octanol–water partition coefficient (Wildman–Crippen LogP) is 1.41. The average molecular weight is 290 g/mol. The number of hydrogen-bond acceptors (Lipinski definition) is 3. The minimum absolute atomic E-state index is 0.109. The van der Waals surface area contributed by atoms with Crippen LogP contribution in [0.15, 0.2) is 24.3 Å². The van der Waals surface area contributed by atoms with Crippen molar-refractivity contribution in [3.8, 4) is 0 Å². The molecule has 0 spiro atoms. The van der Waals surface area contributed by atoms with Gasteiger partial charge in [0, 0.05) is 13.1 Å². The van der Waals surface area contributed by atoms with Crippen LogP contribution in [0.25, 0.3) is 0 Å². The molecule has 0 bridgehead atoms. The van der Waals surface area contributed by atoms with Gasteiger partial charge in [-0.05, 0) is 30.9 Å². The number of hydrogen-bond donors (Lipinski definition) is 2. The van der Waals surface area contributed by atoms with Gasteiger partial charge in [-0.1, -0.05) is 31.2 Å². The third-order valence-corrected chi connectivity index (χ3v) is 4.00. The molecule has 0 saturated heterocycles. The average Bonchev–Trinajstić information content (AvgIpc) is 2.50. The predicted molar refractivity (Wildman–Crippen MR) is 79.9 cm³/mol. The summed E-state index contributed by atoms with van der Waals surface area (Å²) in [5.74, 6) is -0.984. The molecule has 1 heterocycles. The fraction of sp³-hybridized carbons (Fsp3) is 0.500. The first-order valence-corrected chi connectivity index (χ1v) is 7.37. The van der Waals surface area contributed by atoms with Crippen LogP contribution in [0.5, 0.6) is 0 Å². The number of amides is 1. The van der Waals surface area contributed by atoms with Gasteiger partial charge in [-0.2, -0.15) is 0 Å². The Morgan fingerprint density at radius 3 is 2.67 bits per heavy atom. The fourth-order valence-electron chi connectivity index (χ4n) is 2.73. The van der Waals surface area contributed by atoms with E-state index in [9.17, 15) is 14.7 Å². The first-order chi connectivity index (χ1) is 10.0. The maximum absolute atomic E-state index is 12.1. The van der Waals surface area contributed by atoms with Crippen LogP contribution in [0.1, 0.15) is 31.4 Å². The van der Waals surface area contributed by atoms with Crippen LogP contribution >= 0.6 is 0 Å². The first-order valence-electron chi connectivity index (χ1n) is 7.37. The summed E-state index contributed by atoms with van der Waals surface area (Å²) in [4.78, 5) is 25.5. The lowest BCUT2D eigenvalue weighted by molar-refractivity contribution is -0.146. The second kappa shape index (κ2) is 6.72. The van der Waals surface area contributed by atoms with Crippen molar-refractivity contribution in [1.82, 2.24) is 10.2 Å². The molecule has 0 aromatic heterocycles. The molecule has 1 aliphatic heterocycles. The van der Waals surface area contributed by atoms with Gasteiger partial charge < -0.3 is 10.4 Å². The third-order valence-electron chi connectivity index (χ3n) is 4.00. The summed E-state index contributed by atoms with van der Waals surface area (Å²) in [7, 11) is 0. The normalized spacial score (nSPS) is 19.6. The summed E-state index contributed by atoms with van der Waals surface area (Å²) < 4.78 is 0. The number of nitrogens with zero attached hydrogens (tertiary/aromatic N) is 1. The molecular formula is C16H22N2O3. The van der Waals surface area contributed by atoms with Crippen LogP contribution in [-0.4, -0.2) is 40.5 Å². The zero-order valence-corrected chi connectivity index (χ0v) is 12.5. The van der Waals surface area contributed by atoms with Crippen LogP contribution in [0.3, 0.4) is 0 Å². The molecule has 5 heteroatoms. The molecule has 0 radical (unpaired) electrons. The maximum atomic E-state index is 12.1. The van der Waals surface area contributed by atoms with Crippen LogP contribution in [-0.2, 0) is 22.6 Å². The van der Waals surface area contributed by atoms with Gasteiger partial charge in [-0.15, -0.1) is 0 Å². The molecule has 0 fully saturated rings. The Bertz CT molecular complexity index is 530. The number of carbonyl (C=O) groups is 2. The van der Waals surface area contributed by atoms with E-state index < -0.39 is 18.1 Å². The van der Waals surface area contributed by atoms with E-state index in [0.717, 1.165) is 17.5 Å². The number of carbonyl (C=O) groups excluding carboxylic acids is 1. The van der Waals surface area contributed by atoms with Gasteiger partial charge >= 0.3 is 5.97 Å². The zero-order valence-electron chi connectivity index (χ0n) is 12.5. The van der Waals surface area contributed by atoms with E-state index in [0.29, 0.717) is 19.5 Å². The van der Waals surface area contributed by atoms with Gasteiger partial charge in [0.25, 0.3) is 0 Å². The van der Waals surface area contributed by atoms with Crippen molar-refractivity contribution in [1.29, 1.82) is 0 Å². The SMILES string of the molecule is CCCNC(=O)C(C)N1Cc2ccccc2C[C@H]1C(=O)O. The van der Waals surface area contributed by atoms with Crippen LogP contribution in [0, 0.1) is 0 Å². The summed E-state index contributed by atoms with van der Waals surface area (Å²) in [6.45, 7) is 4.87. The van der Waals surface area contributed by atoms with Crippen molar-refractivity contribution in [3.05, 3.63) is 35.4 Å². The van der Waals surface area contributed by atoms with Gasteiger partial charge in [0.2, 0.25) is 5.91 Å². The molecule has 1 unspecified atom stereocenters. The van der Waals surface area contributed by atoms with E-state index in [2.05, 4.69) is 5.32 Å². The van der Waals surface area contributed by atoms with Gasteiger partial charge in [0.05, 0.1) is 6.04 Å². The Labute approximate surface area is 125 Å². The van der Waals surface area contributed by atoms with Crippen molar-refractivity contribution >= 4 is 11.9 Å². The Kier molecular flexibility index (Phi) is 4.96. The Hall–Kier alpha value is -1.88. The second-order valence-electron chi connectivity index (χ2n) is 5.47. The molecule has 1 aromatic rings. The topological polar surface area (TPSA) is 69.6 Å². The summed E-state index contributed by atoms with van der Waals surface area (Å²) >= 11 is 0. The fourth-order valence-corrected chi connectivity index (χ4v) is 2.73. The van der Waals surface area contributed by atoms with Gasteiger partial charge in [-0.3, -0.25) is 14.5 Å². The van der Waals surface area contributed by atoms with Crippen molar-refractivity contribution < 1.29 is 14.7 Å². The highest BCUT2D eigenvalue weighted by Crippen LogP contribution is 2.25. The van der Waals surface area contributed by atoms with Gasteiger partial charge in [0.15, 0.2) is 0 Å². The number of rotatable bonds is 5. The standard InChI is InChI=1S/C16H22N2O3/c1-3-8-17-15(19)11(2)18-10-13-7-5-4-6-12(13)9-14(18)16(20)21/h4-7,11,14H,3,8-10H2,1-2H3,(H,17,19)(H,20,21)/t11?,14-/m0/s1. The van der Waals surface area contributed by atoms with Crippen molar-refractivity contribution in [2.24, 2.45) is 0 Å². The monoisotopic (exact) mass is 290 g/mol. The Morgan fingerprint density at radius 2 is 2.05 bits per heavy atom. The first kappa shape index (κ1) is 15.5. The molecule has 21 heavy (non-hydrogen) atoms. The zero-order chi connectivity index (χ0) is 15.4. The molecule has 114 valence electrons. The summed E-state index contributed by atoms with van der Waals surface area (Å²) in [6.07, 6.45) is 1.31. The van der Waals surface area contributed by atoms with Crippen LogP contribution in [0.2, 0.25) is 0 Å². The summed E-state index contributed by atoms with van der Waals surface area (Å²) in [5.41, 5.74) is 2.16. The van der Waals surface area contributed by atoms with E-state index in [4.69, 9.17) is 0 Å². The van der Waals surface area contributed by atoms with Crippen LogP contribution in [0.4, 0.5) is 0 Å². The van der Waals surface area contributed by atoms with Gasteiger partial charge in [-0.25, -0.2) is 0 Å². The number of fused-ring (bicyclic) bond motifs is 1. The molecule has 5 nitrogen and oxygen atoms in total. The molecule has 0 saturated carbocycles. The van der Waals surface area contributed by atoms with E-state index >= 15 is 0 Å². The quantitative estimate of drug-likeness (QED) is 0.860. The van der Waals surface area contributed by atoms with E-state index in [1.165, 1.54) is 0 Å².